The van der Waals surface area contributed by atoms with Crippen molar-refractivity contribution >= 4 is 13.2 Å². The number of hydrogen-bond donors (Lipinski definition) is 2. The summed E-state index contributed by atoms with van der Waals surface area (Å²) >= 11 is 0. The van der Waals surface area contributed by atoms with E-state index in [2.05, 4.69) is 0 Å². The van der Waals surface area contributed by atoms with Gasteiger partial charge in [0.2, 0.25) is 0 Å². The van der Waals surface area contributed by atoms with Crippen molar-refractivity contribution in [3.63, 3.8) is 0 Å². The highest BCUT2D eigenvalue weighted by Crippen LogP contribution is 2.39. The number of hydrogen-bond acceptors (Lipinski definition) is 4. The van der Waals surface area contributed by atoms with Crippen LogP contribution < -0.4 is 5.73 Å². The minimum Gasteiger partial charge on any atom is -0.508 e. The van der Waals surface area contributed by atoms with Gasteiger partial charge in [-0.15, -0.1) is 0 Å². The van der Waals surface area contributed by atoms with Crippen molar-refractivity contribution in [2.45, 2.75) is 45.1 Å². The average Bonchev–Trinajstić information content (AvgIpc) is 2.63. The first-order valence-corrected chi connectivity index (χ1v) is 7.53. The zero-order chi connectivity index (χ0) is 18.3. The molecule has 2 rings (SSSR count). The molecule has 132 valence electrons. The molecule has 1 aromatic rings. The molecule has 1 aromatic carbocycles. The minimum atomic E-state index is -4.55. The van der Waals surface area contributed by atoms with Crippen LogP contribution >= 0.6 is 0 Å². The third kappa shape index (κ3) is 3.76. The predicted octanol–water partition coefficient (Wildman–Crippen LogP) is 3.38. The topological polar surface area (TPSA) is 64.7 Å². The maximum absolute atomic E-state index is 12.9. The molecular formula is C16H21BF3NO3. The van der Waals surface area contributed by atoms with Crippen LogP contribution in [0, 0.1) is 0 Å². The fourth-order valence-electron chi connectivity index (χ4n) is 2.31. The van der Waals surface area contributed by atoms with Crippen LogP contribution in [0.3, 0.4) is 0 Å². The van der Waals surface area contributed by atoms with Crippen LogP contribution in [-0.4, -0.2) is 30.0 Å². The zero-order valence-electron chi connectivity index (χ0n) is 14.1. The lowest BCUT2D eigenvalue weighted by atomic mass is 9.77. The molecule has 24 heavy (non-hydrogen) atoms. The van der Waals surface area contributed by atoms with Gasteiger partial charge in [-0.3, -0.25) is 0 Å². The van der Waals surface area contributed by atoms with Gasteiger partial charge in [0.25, 0.3) is 0 Å². The van der Waals surface area contributed by atoms with Crippen molar-refractivity contribution in [1.29, 1.82) is 0 Å². The minimum absolute atomic E-state index is 0.0494. The third-order valence-corrected chi connectivity index (χ3v) is 4.41. The molecule has 0 saturated carbocycles. The van der Waals surface area contributed by atoms with Gasteiger partial charge in [0.1, 0.15) is 5.75 Å². The van der Waals surface area contributed by atoms with Crippen LogP contribution in [-0.2, 0) is 15.5 Å². The van der Waals surface area contributed by atoms with Gasteiger partial charge in [0.15, 0.2) is 0 Å². The third-order valence-electron chi connectivity index (χ3n) is 4.41. The number of phenols is 1. The van der Waals surface area contributed by atoms with Crippen molar-refractivity contribution < 1.29 is 27.6 Å². The van der Waals surface area contributed by atoms with Gasteiger partial charge in [-0.1, -0.05) is 6.08 Å². The van der Waals surface area contributed by atoms with E-state index in [1.807, 2.05) is 27.7 Å². The van der Waals surface area contributed by atoms with E-state index < -0.39 is 35.8 Å². The molecule has 0 amide bonds. The summed E-state index contributed by atoms with van der Waals surface area (Å²) in [6.45, 7) is 7.54. The normalized spacial score (nSPS) is 20.5. The van der Waals surface area contributed by atoms with Crippen LogP contribution in [0.2, 0.25) is 0 Å². The first-order valence-electron chi connectivity index (χ1n) is 7.53. The predicted molar refractivity (Wildman–Crippen MR) is 86.2 cm³/mol. The van der Waals surface area contributed by atoms with Gasteiger partial charge in [-0.25, -0.2) is 0 Å². The average molecular weight is 343 g/mol. The fraction of sp³-hybridized carbons (Fsp3) is 0.500. The van der Waals surface area contributed by atoms with E-state index in [4.69, 9.17) is 15.0 Å². The smallest absolute Gasteiger partial charge is 0.491 e. The van der Waals surface area contributed by atoms with E-state index in [-0.39, 0.29) is 12.1 Å². The molecule has 0 aromatic heterocycles. The summed E-state index contributed by atoms with van der Waals surface area (Å²) < 4.78 is 50.3. The fourth-order valence-corrected chi connectivity index (χ4v) is 2.31. The number of rotatable bonds is 3. The van der Waals surface area contributed by atoms with Gasteiger partial charge >= 0.3 is 13.3 Å². The van der Waals surface area contributed by atoms with Crippen LogP contribution in [0.5, 0.6) is 5.75 Å². The molecule has 0 radical (unpaired) electrons. The summed E-state index contributed by atoms with van der Waals surface area (Å²) in [7, 11) is -0.753. The van der Waals surface area contributed by atoms with Crippen molar-refractivity contribution in [1.82, 2.24) is 0 Å². The second kappa shape index (κ2) is 6.09. The van der Waals surface area contributed by atoms with E-state index >= 15 is 0 Å². The van der Waals surface area contributed by atoms with E-state index in [0.29, 0.717) is 11.5 Å². The summed E-state index contributed by atoms with van der Waals surface area (Å²) in [5.41, 5.74) is 4.30. The summed E-state index contributed by atoms with van der Waals surface area (Å²) in [4.78, 5) is 0. The molecule has 0 aliphatic carbocycles. The Labute approximate surface area is 139 Å². The second-order valence-corrected chi connectivity index (χ2v) is 6.82. The van der Waals surface area contributed by atoms with E-state index in [1.165, 1.54) is 12.1 Å². The SMILES string of the molecule is CC1(C)OB(C(=Cc2cc(O)cc(C(F)(F)F)c2)CN)OC1(C)C. The number of alkyl halides is 3. The molecule has 4 nitrogen and oxygen atoms in total. The Bertz CT molecular complexity index is 640. The molecule has 0 bridgehead atoms. The van der Waals surface area contributed by atoms with Crippen molar-refractivity contribution in [2.24, 2.45) is 5.73 Å². The lowest BCUT2D eigenvalue weighted by molar-refractivity contribution is -0.137. The van der Waals surface area contributed by atoms with Crippen molar-refractivity contribution in [3.8, 4) is 5.75 Å². The first kappa shape index (κ1) is 18.8. The van der Waals surface area contributed by atoms with Crippen LogP contribution in [0.4, 0.5) is 13.2 Å². The lowest BCUT2D eigenvalue weighted by Crippen LogP contribution is -2.41. The standard InChI is InChI=1S/C16H21BF3NO3/c1-14(2)15(3,4)24-17(23-14)12(9-21)6-10-5-11(16(18,19)20)8-13(22)7-10/h5-8,22H,9,21H2,1-4H3. The van der Waals surface area contributed by atoms with Gasteiger partial charge < -0.3 is 20.1 Å². The van der Waals surface area contributed by atoms with Crippen molar-refractivity contribution in [3.05, 3.63) is 34.8 Å². The van der Waals surface area contributed by atoms with Gasteiger partial charge in [0.05, 0.1) is 16.8 Å². The van der Waals surface area contributed by atoms with Gasteiger partial charge in [-0.05, 0) is 56.9 Å². The molecular weight excluding hydrogens is 322 g/mol. The summed E-state index contributed by atoms with van der Waals surface area (Å²) in [5.74, 6) is -0.471. The molecule has 1 aliphatic heterocycles. The van der Waals surface area contributed by atoms with Crippen LogP contribution in [0.1, 0.15) is 38.8 Å². The Morgan fingerprint density at radius 3 is 2.17 bits per heavy atom. The monoisotopic (exact) mass is 343 g/mol. The Morgan fingerprint density at radius 1 is 1.17 bits per heavy atom. The Morgan fingerprint density at radius 2 is 1.71 bits per heavy atom. The Hall–Kier alpha value is -1.51. The second-order valence-electron chi connectivity index (χ2n) is 6.82. The molecule has 1 aliphatic rings. The molecule has 1 saturated heterocycles. The number of aromatic hydroxyl groups is 1. The number of halogens is 3. The largest absolute Gasteiger partial charge is 0.508 e. The quantitative estimate of drug-likeness (QED) is 0.826. The number of benzene rings is 1. The summed E-state index contributed by atoms with van der Waals surface area (Å²) in [6.07, 6.45) is -3.09. The molecule has 1 fully saturated rings. The molecule has 1 heterocycles. The number of nitrogens with two attached hydrogens (primary N) is 1. The molecule has 0 atom stereocenters. The maximum Gasteiger partial charge on any atom is 0.491 e. The summed E-state index contributed by atoms with van der Waals surface area (Å²) in [6, 6.07) is 2.85. The highest BCUT2D eigenvalue weighted by Gasteiger charge is 2.52. The van der Waals surface area contributed by atoms with Crippen LogP contribution in [0.25, 0.3) is 6.08 Å². The molecule has 0 spiro atoms. The number of phenolic OH excluding ortho intramolecular Hbond substituents is 1. The molecule has 3 N–H and O–H groups in total. The zero-order valence-corrected chi connectivity index (χ0v) is 14.1. The van der Waals surface area contributed by atoms with Crippen LogP contribution in [0.15, 0.2) is 23.7 Å². The highest BCUT2D eigenvalue weighted by atomic mass is 19.4. The summed E-state index contributed by atoms with van der Waals surface area (Å²) in [5, 5.41) is 9.55. The maximum atomic E-state index is 12.9. The van der Waals surface area contributed by atoms with Gasteiger partial charge in [0, 0.05) is 6.54 Å². The first-order chi connectivity index (χ1) is 10.9. The molecule has 0 unspecified atom stereocenters. The Kier molecular flexibility index (Phi) is 4.78. The lowest BCUT2D eigenvalue weighted by Gasteiger charge is -2.32. The van der Waals surface area contributed by atoms with E-state index in [0.717, 1.165) is 6.07 Å². The van der Waals surface area contributed by atoms with Gasteiger partial charge in [-0.2, -0.15) is 13.2 Å². The van der Waals surface area contributed by atoms with E-state index in [1.54, 1.807) is 0 Å². The Balaban J connectivity index is 2.37. The van der Waals surface area contributed by atoms with Crippen molar-refractivity contribution in [2.75, 3.05) is 6.54 Å². The van der Waals surface area contributed by atoms with E-state index in [9.17, 15) is 18.3 Å². The highest BCUT2D eigenvalue weighted by molar-refractivity contribution is 6.55. The molecule has 8 heteroatoms.